The molecule has 0 spiro atoms. The van der Waals surface area contributed by atoms with Gasteiger partial charge in [-0.15, -0.1) is 13.2 Å². The smallest absolute Gasteiger partial charge is 0.0841 e. The van der Waals surface area contributed by atoms with Crippen LogP contribution in [-0.4, -0.2) is 32.5 Å². The zero-order valence-corrected chi connectivity index (χ0v) is 12.4. The second-order valence-electron chi connectivity index (χ2n) is 4.58. The quantitative estimate of drug-likeness (QED) is 0.147. The highest BCUT2D eigenvalue weighted by molar-refractivity contribution is 4.68. The normalized spacial score (nSPS) is 10.2. The number of hydrogen-bond acceptors (Lipinski definition) is 3. The van der Waals surface area contributed by atoms with Crippen LogP contribution in [0.3, 0.4) is 0 Å². The molecule has 0 atom stereocenters. The second-order valence-corrected chi connectivity index (χ2v) is 4.58. The van der Waals surface area contributed by atoms with Gasteiger partial charge in [-0.05, 0) is 44.1 Å². The van der Waals surface area contributed by atoms with Crippen molar-refractivity contribution < 1.29 is 9.47 Å². The summed E-state index contributed by atoms with van der Waals surface area (Å²) in [4.78, 5) is 2.83. The van der Waals surface area contributed by atoms with Crippen molar-refractivity contribution in [3.63, 3.8) is 0 Å². The van der Waals surface area contributed by atoms with E-state index in [1.807, 2.05) is 12.2 Å². The van der Waals surface area contributed by atoms with E-state index >= 15 is 0 Å². The molecule has 5 heteroatoms. The molecular formula is C15H27N3O2. The van der Waals surface area contributed by atoms with Gasteiger partial charge in [-0.25, -0.2) is 0 Å². The maximum Gasteiger partial charge on any atom is 0.0841 e. The third kappa shape index (κ3) is 13.1. The van der Waals surface area contributed by atoms with Gasteiger partial charge in [-0.3, -0.25) is 0 Å². The van der Waals surface area contributed by atoms with Gasteiger partial charge in [0.25, 0.3) is 0 Å². The first-order valence-corrected chi connectivity index (χ1v) is 7.26. The summed E-state index contributed by atoms with van der Waals surface area (Å²) in [7, 11) is 0. The second kappa shape index (κ2) is 15.8. The summed E-state index contributed by atoms with van der Waals surface area (Å²) in [6, 6.07) is -0.237. The predicted molar refractivity (Wildman–Crippen MR) is 82.7 cm³/mol. The largest absolute Gasteiger partial charge is 0.381 e. The van der Waals surface area contributed by atoms with Crippen molar-refractivity contribution in [3.8, 4) is 0 Å². The van der Waals surface area contributed by atoms with E-state index in [2.05, 4.69) is 23.2 Å². The SMILES string of the molecule is C=CCCCCOCC(COCCCCC=C)N=[N+]=[N-]. The van der Waals surface area contributed by atoms with Gasteiger partial charge in [0.05, 0.1) is 19.3 Å². The minimum absolute atomic E-state index is 0.237. The van der Waals surface area contributed by atoms with Gasteiger partial charge >= 0.3 is 0 Å². The number of unbranched alkanes of at least 4 members (excludes halogenated alkanes) is 4. The summed E-state index contributed by atoms with van der Waals surface area (Å²) in [6.07, 6.45) is 9.99. The van der Waals surface area contributed by atoms with E-state index in [0.29, 0.717) is 26.4 Å². The van der Waals surface area contributed by atoms with Crippen LogP contribution in [0.5, 0.6) is 0 Å². The number of azide groups is 1. The van der Waals surface area contributed by atoms with Crippen LogP contribution in [0.4, 0.5) is 0 Å². The molecule has 0 heterocycles. The van der Waals surface area contributed by atoms with Gasteiger partial charge in [0, 0.05) is 18.1 Å². The maximum absolute atomic E-state index is 8.51. The van der Waals surface area contributed by atoms with Gasteiger partial charge in [0.2, 0.25) is 0 Å². The summed E-state index contributed by atoms with van der Waals surface area (Å²) in [6.45, 7) is 9.56. The van der Waals surface area contributed by atoms with Crippen LogP contribution >= 0.6 is 0 Å². The first kappa shape index (κ1) is 18.7. The average Bonchev–Trinajstić information content (AvgIpc) is 2.46. The molecule has 0 aromatic heterocycles. The summed E-state index contributed by atoms with van der Waals surface area (Å²) < 4.78 is 11.0. The summed E-state index contributed by atoms with van der Waals surface area (Å²) in [5.41, 5.74) is 8.51. The highest BCUT2D eigenvalue weighted by Gasteiger charge is 2.06. The van der Waals surface area contributed by atoms with Crippen LogP contribution in [-0.2, 0) is 9.47 Å². The molecule has 0 aromatic rings. The molecule has 0 saturated heterocycles. The van der Waals surface area contributed by atoms with Crippen molar-refractivity contribution in [2.45, 2.75) is 44.6 Å². The van der Waals surface area contributed by atoms with Crippen molar-refractivity contribution in [2.24, 2.45) is 5.11 Å². The van der Waals surface area contributed by atoms with E-state index in [9.17, 15) is 0 Å². The Morgan fingerprint density at radius 1 is 0.950 bits per heavy atom. The number of nitrogens with zero attached hydrogens (tertiary/aromatic N) is 3. The molecule has 0 aliphatic heterocycles. The Kier molecular flexibility index (Phi) is 14.7. The monoisotopic (exact) mass is 281 g/mol. The van der Waals surface area contributed by atoms with E-state index in [1.165, 1.54) is 0 Å². The molecular weight excluding hydrogens is 254 g/mol. The third-order valence-corrected chi connectivity index (χ3v) is 2.73. The summed E-state index contributed by atoms with van der Waals surface area (Å²) in [5.74, 6) is 0. The molecule has 5 nitrogen and oxygen atoms in total. The van der Waals surface area contributed by atoms with E-state index in [0.717, 1.165) is 38.5 Å². The molecule has 0 unspecified atom stereocenters. The fourth-order valence-corrected chi connectivity index (χ4v) is 1.61. The van der Waals surface area contributed by atoms with Gasteiger partial charge in [0.15, 0.2) is 0 Å². The van der Waals surface area contributed by atoms with Crippen LogP contribution < -0.4 is 0 Å². The Morgan fingerprint density at radius 2 is 1.45 bits per heavy atom. The molecule has 114 valence electrons. The number of ether oxygens (including phenoxy) is 2. The predicted octanol–water partition coefficient (Wildman–Crippen LogP) is 4.41. The molecule has 0 aliphatic rings. The summed E-state index contributed by atoms with van der Waals surface area (Å²) in [5, 5.41) is 3.69. The molecule has 0 bridgehead atoms. The molecule has 20 heavy (non-hydrogen) atoms. The van der Waals surface area contributed by atoms with E-state index in [-0.39, 0.29) is 6.04 Å². The first-order chi connectivity index (χ1) is 9.85. The van der Waals surface area contributed by atoms with Gasteiger partial charge in [-0.2, -0.15) is 0 Å². The zero-order chi connectivity index (χ0) is 14.9. The number of allylic oxidation sites excluding steroid dienone is 2. The lowest BCUT2D eigenvalue weighted by atomic mass is 10.2. The highest BCUT2D eigenvalue weighted by atomic mass is 16.5. The molecule has 0 rings (SSSR count). The number of hydrogen-bond donors (Lipinski definition) is 0. The van der Waals surface area contributed by atoms with Gasteiger partial charge in [0.1, 0.15) is 0 Å². The van der Waals surface area contributed by atoms with Crippen LogP contribution in [0.2, 0.25) is 0 Å². The Balaban J connectivity index is 3.57. The fraction of sp³-hybridized carbons (Fsp3) is 0.733. The topological polar surface area (TPSA) is 67.2 Å². The molecule has 0 aromatic carbocycles. The maximum atomic E-state index is 8.51. The van der Waals surface area contributed by atoms with Gasteiger partial charge in [-0.1, -0.05) is 17.3 Å². The van der Waals surface area contributed by atoms with Crippen LogP contribution in [0, 0.1) is 0 Å². The van der Waals surface area contributed by atoms with Crippen LogP contribution in [0.15, 0.2) is 30.4 Å². The Morgan fingerprint density at radius 3 is 1.85 bits per heavy atom. The lowest BCUT2D eigenvalue weighted by Crippen LogP contribution is -2.20. The average molecular weight is 281 g/mol. The van der Waals surface area contributed by atoms with Crippen LogP contribution in [0.1, 0.15) is 38.5 Å². The van der Waals surface area contributed by atoms with Crippen molar-refractivity contribution in [3.05, 3.63) is 35.8 Å². The summed E-state index contributed by atoms with van der Waals surface area (Å²) >= 11 is 0. The highest BCUT2D eigenvalue weighted by Crippen LogP contribution is 2.01. The minimum atomic E-state index is -0.237. The van der Waals surface area contributed by atoms with E-state index < -0.39 is 0 Å². The fourth-order valence-electron chi connectivity index (χ4n) is 1.61. The Bertz CT molecular complexity index is 269. The van der Waals surface area contributed by atoms with Crippen molar-refractivity contribution in [1.29, 1.82) is 0 Å². The Hall–Kier alpha value is -1.29. The lowest BCUT2D eigenvalue weighted by molar-refractivity contribution is 0.0650. The van der Waals surface area contributed by atoms with Crippen molar-refractivity contribution in [1.82, 2.24) is 0 Å². The first-order valence-electron chi connectivity index (χ1n) is 7.26. The van der Waals surface area contributed by atoms with Crippen molar-refractivity contribution in [2.75, 3.05) is 26.4 Å². The standard InChI is InChI=1S/C15H27N3O2/c1-3-5-7-9-11-19-13-15(17-18-16)14-20-12-10-8-6-4-2/h3-4,15H,1-2,5-14H2. The van der Waals surface area contributed by atoms with Crippen molar-refractivity contribution >= 4 is 0 Å². The zero-order valence-electron chi connectivity index (χ0n) is 12.4. The minimum Gasteiger partial charge on any atom is -0.381 e. The van der Waals surface area contributed by atoms with E-state index in [4.69, 9.17) is 15.0 Å². The molecule has 0 saturated carbocycles. The molecule has 0 fully saturated rings. The van der Waals surface area contributed by atoms with Gasteiger partial charge < -0.3 is 9.47 Å². The molecule has 0 N–H and O–H groups in total. The molecule has 0 amide bonds. The third-order valence-electron chi connectivity index (χ3n) is 2.73. The molecule has 0 radical (unpaired) electrons. The lowest BCUT2D eigenvalue weighted by Gasteiger charge is -2.12. The Labute approximate surface area is 122 Å². The van der Waals surface area contributed by atoms with E-state index in [1.54, 1.807) is 0 Å². The number of rotatable bonds is 15. The van der Waals surface area contributed by atoms with Crippen LogP contribution in [0.25, 0.3) is 10.4 Å². The molecule has 0 aliphatic carbocycles.